The first-order valence-corrected chi connectivity index (χ1v) is 10.7. The van der Waals surface area contributed by atoms with E-state index in [1.807, 2.05) is 36.4 Å². The third kappa shape index (κ3) is 6.47. The third-order valence-electron chi connectivity index (χ3n) is 4.54. The molecule has 0 unspecified atom stereocenters. The minimum Gasteiger partial charge on any atom is -0.493 e. The molecule has 0 fully saturated rings. The standard InChI is InChI=1S/C24H27BrN2O3/c1-18-7-5-8-19(15-18)17-30-24-20(21(25)10-11-22(24)28-2)16-26-12-6-14-29-23-9-3-4-13-27-23/h3-5,7-11,13,15,26H,6,12,14,16-17H2,1-2H3. The average molecular weight is 471 g/mol. The van der Waals surface area contributed by atoms with Crippen molar-refractivity contribution in [1.82, 2.24) is 10.3 Å². The summed E-state index contributed by atoms with van der Waals surface area (Å²) in [7, 11) is 1.66. The maximum Gasteiger partial charge on any atom is 0.213 e. The topological polar surface area (TPSA) is 52.6 Å². The largest absolute Gasteiger partial charge is 0.493 e. The maximum atomic E-state index is 6.19. The van der Waals surface area contributed by atoms with Gasteiger partial charge in [0.25, 0.3) is 0 Å². The van der Waals surface area contributed by atoms with Gasteiger partial charge in [-0.15, -0.1) is 0 Å². The van der Waals surface area contributed by atoms with Crippen molar-refractivity contribution in [1.29, 1.82) is 0 Å². The number of aryl methyl sites for hydroxylation is 1. The molecule has 0 bridgehead atoms. The number of rotatable bonds is 11. The normalized spacial score (nSPS) is 10.6. The van der Waals surface area contributed by atoms with Crippen molar-refractivity contribution in [3.05, 3.63) is 82.0 Å². The second-order valence-corrected chi connectivity index (χ2v) is 7.74. The number of ether oxygens (including phenoxy) is 3. The number of hydrogen-bond donors (Lipinski definition) is 1. The van der Waals surface area contributed by atoms with Crippen molar-refractivity contribution in [2.45, 2.75) is 26.5 Å². The molecule has 1 heterocycles. The molecule has 0 radical (unpaired) electrons. The predicted octanol–water partition coefficient (Wildman–Crippen LogP) is 5.30. The van der Waals surface area contributed by atoms with Crippen LogP contribution in [0.25, 0.3) is 0 Å². The summed E-state index contributed by atoms with van der Waals surface area (Å²) in [6.45, 7) is 4.65. The highest BCUT2D eigenvalue weighted by Crippen LogP contribution is 2.36. The second-order valence-electron chi connectivity index (χ2n) is 6.88. The Labute approximate surface area is 186 Å². The zero-order valence-electron chi connectivity index (χ0n) is 17.4. The van der Waals surface area contributed by atoms with Crippen LogP contribution in [0.15, 0.2) is 65.3 Å². The summed E-state index contributed by atoms with van der Waals surface area (Å²) in [5.74, 6) is 2.13. The Morgan fingerprint density at radius 2 is 1.93 bits per heavy atom. The summed E-state index contributed by atoms with van der Waals surface area (Å²) in [6.07, 6.45) is 2.60. The number of nitrogens with zero attached hydrogens (tertiary/aromatic N) is 1. The summed E-state index contributed by atoms with van der Waals surface area (Å²) >= 11 is 3.65. The van der Waals surface area contributed by atoms with Crippen LogP contribution >= 0.6 is 15.9 Å². The molecule has 30 heavy (non-hydrogen) atoms. The molecule has 2 aromatic carbocycles. The molecular formula is C24H27BrN2O3. The van der Waals surface area contributed by atoms with Gasteiger partial charge in [0, 0.05) is 28.8 Å². The van der Waals surface area contributed by atoms with Crippen LogP contribution in [0.3, 0.4) is 0 Å². The van der Waals surface area contributed by atoms with Crippen molar-refractivity contribution in [3.8, 4) is 17.4 Å². The smallest absolute Gasteiger partial charge is 0.213 e. The number of nitrogens with one attached hydrogen (secondary N) is 1. The van der Waals surface area contributed by atoms with Crippen LogP contribution in [-0.4, -0.2) is 25.2 Å². The minimum absolute atomic E-state index is 0.486. The van der Waals surface area contributed by atoms with Crippen molar-refractivity contribution in [2.75, 3.05) is 20.3 Å². The Kier molecular flexibility index (Phi) is 8.53. The Bertz CT molecular complexity index is 935. The van der Waals surface area contributed by atoms with Gasteiger partial charge in [0.1, 0.15) is 6.61 Å². The molecule has 0 spiro atoms. The Morgan fingerprint density at radius 3 is 2.70 bits per heavy atom. The van der Waals surface area contributed by atoms with Gasteiger partial charge in [-0.2, -0.15) is 0 Å². The Balaban J connectivity index is 1.56. The molecule has 3 rings (SSSR count). The molecule has 0 aliphatic heterocycles. The van der Waals surface area contributed by atoms with Gasteiger partial charge in [-0.3, -0.25) is 0 Å². The zero-order valence-corrected chi connectivity index (χ0v) is 18.9. The number of benzene rings is 2. The highest BCUT2D eigenvalue weighted by atomic mass is 79.9. The summed E-state index contributed by atoms with van der Waals surface area (Å²) < 4.78 is 18.4. The minimum atomic E-state index is 0.486. The van der Waals surface area contributed by atoms with Crippen molar-refractivity contribution < 1.29 is 14.2 Å². The maximum absolute atomic E-state index is 6.19. The molecule has 6 heteroatoms. The number of hydrogen-bond acceptors (Lipinski definition) is 5. The first-order chi connectivity index (χ1) is 14.7. The van der Waals surface area contributed by atoms with Gasteiger partial charge in [0.05, 0.1) is 13.7 Å². The highest BCUT2D eigenvalue weighted by Gasteiger charge is 2.15. The van der Waals surface area contributed by atoms with Gasteiger partial charge in [-0.1, -0.05) is 51.8 Å². The van der Waals surface area contributed by atoms with E-state index in [2.05, 4.69) is 51.4 Å². The molecule has 0 aliphatic rings. The Hall–Kier alpha value is -2.57. The van der Waals surface area contributed by atoms with Crippen LogP contribution in [0.2, 0.25) is 0 Å². The summed E-state index contributed by atoms with van der Waals surface area (Å²) in [6, 6.07) is 17.9. The fraction of sp³-hybridized carbons (Fsp3) is 0.292. The lowest BCUT2D eigenvalue weighted by Gasteiger charge is -2.17. The van der Waals surface area contributed by atoms with E-state index in [0.29, 0.717) is 25.6 Å². The SMILES string of the molecule is COc1ccc(Br)c(CNCCCOc2ccccn2)c1OCc1cccc(C)c1. The van der Waals surface area contributed by atoms with Gasteiger partial charge in [-0.25, -0.2) is 4.98 Å². The molecule has 0 saturated heterocycles. The van der Waals surface area contributed by atoms with E-state index < -0.39 is 0 Å². The first-order valence-electron chi connectivity index (χ1n) is 9.95. The number of halogens is 1. The van der Waals surface area contributed by atoms with Crippen LogP contribution in [0.5, 0.6) is 17.4 Å². The van der Waals surface area contributed by atoms with E-state index in [-0.39, 0.29) is 0 Å². The highest BCUT2D eigenvalue weighted by molar-refractivity contribution is 9.10. The van der Waals surface area contributed by atoms with Crippen LogP contribution < -0.4 is 19.5 Å². The van der Waals surface area contributed by atoms with E-state index >= 15 is 0 Å². The number of pyridine rings is 1. The van der Waals surface area contributed by atoms with E-state index in [0.717, 1.165) is 40.1 Å². The molecule has 0 aliphatic carbocycles. The van der Waals surface area contributed by atoms with E-state index in [1.54, 1.807) is 13.3 Å². The van der Waals surface area contributed by atoms with Gasteiger partial charge in [0.15, 0.2) is 11.5 Å². The lowest BCUT2D eigenvalue weighted by molar-refractivity contribution is 0.279. The first kappa shape index (κ1) is 22.1. The fourth-order valence-electron chi connectivity index (χ4n) is 3.04. The molecule has 1 aromatic heterocycles. The number of aromatic nitrogens is 1. The van der Waals surface area contributed by atoms with Gasteiger partial charge < -0.3 is 19.5 Å². The quantitative estimate of drug-likeness (QED) is 0.385. The molecule has 0 saturated carbocycles. The molecule has 5 nitrogen and oxygen atoms in total. The lowest BCUT2D eigenvalue weighted by atomic mass is 10.1. The Morgan fingerprint density at radius 1 is 1.03 bits per heavy atom. The van der Waals surface area contributed by atoms with Crippen molar-refractivity contribution in [2.24, 2.45) is 0 Å². The molecule has 1 N–H and O–H groups in total. The van der Waals surface area contributed by atoms with Crippen molar-refractivity contribution >= 4 is 15.9 Å². The monoisotopic (exact) mass is 470 g/mol. The van der Waals surface area contributed by atoms with Crippen LogP contribution in [0.4, 0.5) is 0 Å². The fourth-order valence-corrected chi connectivity index (χ4v) is 3.50. The van der Waals surface area contributed by atoms with Crippen LogP contribution in [0.1, 0.15) is 23.1 Å². The molecule has 3 aromatic rings. The lowest BCUT2D eigenvalue weighted by Crippen LogP contribution is -2.18. The zero-order chi connectivity index (χ0) is 21.2. The third-order valence-corrected chi connectivity index (χ3v) is 5.28. The molecular weight excluding hydrogens is 444 g/mol. The average Bonchev–Trinajstić information content (AvgIpc) is 2.76. The predicted molar refractivity (Wildman–Crippen MR) is 122 cm³/mol. The van der Waals surface area contributed by atoms with E-state index in [1.165, 1.54) is 5.56 Å². The number of methoxy groups -OCH3 is 1. The van der Waals surface area contributed by atoms with Gasteiger partial charge >= 0.3 is 0 Å². The molecule has 0 atom stereocenters. The van der Waals surface area contributed by atoms with Crippen molar-refractivity contribution in [3.63, 3.8) is 0 Å². The van der Waals surface area contributed by atoms with Crippen LogP contribution in [0, 0.1) is 6.92 Å². The summed E-state index contributed by atoms with van der Waals surface area (Å²) in [4.78, 5) is 4.16. The van der Waals surface area contributed by atoms with E-state index in [4.69, 9.17) is 14.2 Å². The van der Waals surface area contributed by atoms with Gasteiger partial charge in [-0.05, 0) is 43.7 Å². The van der Waals surface area contributed by atoms with Gasteiger partial charge in [0.2, 0.25) is 5.88 Å². The second kappa shape index (κ2) is 11.6. The van der Waals surface area contributed by atoms with Crippen LogP contribution in [-0.2, 0) is 13.2 Å². The summed E-state index contributed by atoms with van der Waals surface area (Å²) in [5.41, 5.74) is 3.38. The summed E-state index contributed by atoms with van der Waals surface area (Å²) in [5, 5.41) is 3.46. The molecule has 0 amide bonds. The molecule has 158 valence electrons. The van der Waals surface area contributed by atoms with E-state index in [9.17, 15) is 0 Å².